The molecule has 160 valence electrons. The number of aromatic nitrogens is 4. The van der Waals surface area contributed by atoms with Crippen LogP contribution in [-0.2, 0) is 30.5 Å². The number of nitrogens with one attached hydrogen (secondary N) is 1. The highest BCUT2D eigenvalue weighted by Crippen LogP contribution is 2.38. The molecule has 0 atom stereocenters. The van der Waals surface area contributed by atoms with Crippen molar-refractivity contribution in [2.24, 2.45) is 14.1 Å². The number of aryl methyl sites for hydroxylation is 2. The molecule has 1 aromatic carbocycles. The van der Waals surface area contributed by atoms with Crippen LogP contribution >= 0.6 is 0 Å². The molecule has 9 heteroatoms. The van der Waals surface area contributed by atoms with E-state index in [1.165, 1.54) is 17.4 Å². The number of rotatable bonds is 4. The van der Waals surface area contributed by atoms with Crippen LogP contribution in [0.1, 0.15) is 11.3 Å². The third kappa shape index (κ3) is 3.07. The largest absolute Gasteiger partial charge is 0.374 e. The number of anilines is 2. The molecule has 0 fully saturated rings. The van der Waals surface area contributed by atoms with Crippen LogP contribution in [0.25, 0.3) is 22.2 Å². The van der Waals surface area contributed by atoms with Crippen LogP contribution in [0.3, 0.4) is 0 Å². The molecule has 0 aliphatic carbocycles. The van der Waals surface area contributed by atoms with Crippen molar-refractivity contribution >= 4 is 32.4 Å². The number of hydrogen-bond donors (Lipinski definition) is 1. The molecule has 0 bridgehead atoms. The van der Waals surface area contributed by atoms with E-state index in [0.29, 0.717) is 17.0 Å². The third-order valence-corrected chi connectivity index (χ3v) is 7.57. The maximum atomic E-state index is 13.1. The Morgan fingerprint density at radius 1 is 1.13 bits per heavy atom. The fourth-order valence-corrected chi connectivity index (χ4v) is 5.53. The van der Waals surface area contributed by atoms with E-state index in [1.807, 2.05) is 17.8 Å². The average Bonchev–Trinajstić information content (AvgIpc) is 3.39. The second-order valence-electron chi connectivity index (χ2n) is 8.05. The van der Waals surface area contributed by atoms with E-state index in [0.717, 1.165) is 29.5 Å². The number of pyridine rings is 1. The maximum Gasteiger partial charge on any atom is 0.265 e. The van der Waals surface area contributed by atoms with Crippen molar-refractivity contribution in [1.29, 1.82) is 0 Å². The van der Waals surface area contributed by atoms with E-state index in [-0.39, 0.29) is 4.90 Å². The van der Waals surface area contributed by atoms with Gasteiger partial charge in [-0.15, -0.1) is 0 Å². The molecule has 4 aromatic rings. The minimum Gasteiger partial charge on any atom is -0.374 e. The standard InChI is InChI=1S/C22H24N6O2S/c1-14-20(12-24-28(14)4)31(29,30)25-18-7-9-23-22-21(18)17(13-27(22)3)16-6-5-15-8-10-26(2)19(15)11-16/h5-7,9,11-13H,8,10H2,1-4H3,(H,23,25). The van der Waals surface area contributed by atoms with Crippen LogP contribution in [0.4, 0.5) is 11.4 Å². The Hall–Kier alpha value is -3.33. The summed E-state index contributed by atoms with van der Waals surface area (Å²) in [5.74, 6) is 0. The lowest BCUT2D eigenvalue weighted by atomic mass is 10.0. The predicted octanol–water partition coefficient (Wildman–Crippen LogP) is 3.08. The van der Waals surface area contributed by atoms with Crippen molar-refractivity contribution in [3.05, 3.63) is 54.1 Å². The van der Waals surface area contributed by atoms with Crippen LogP contribution < -0.4 is 9.62 Å². The second kappa shape index (κ2) is 6.84. The van der Waals surface area contributed by atoms with Gasteiger partial charge < -0.3 is 9.47 Å². The zero-order chi connectivity index (χ0) is 21.9. The summed E-state index contributed by atoms with van der Waals surface area (Å²) in [6.45, 7) is 2.74. The van der Waals surface area contributed by atoms with E-state index in [2.05, 4.69) is 45.0 Å². The lowest BCUT2D eigenvalue weighted by Gasteiger charge is -2.14. The Bertz CT molecular complexity index is 1430. The normalized spacial score (nSPS) is 13.7. The van der Waals surface area contributed by atoms with E-state index >= 15 is 0 Å². The fourth-order valence-electron chi connectivity index (χ4n) is 4.26. The average molecular weight is 437 g/mol. The minimum absolute atomic E-state index is 0.164. The quantitative estimate of drug-likeness (QED) is 0.531. The van der Waals surface area contributed by atoms with E-state index < -0.39 is 10.0 Å². The summed E-state index contributed by atoms with van der Waals surface area (Å²) in [6, 6.07) is 8.14. The number of benzene rings is 1. The molecule has 3 aromatic heterocycles. The van der Waals surface area contributed by atoms with E-state index in [1.54, 1.807) is 30.9 Å². The van der Waals surface area contributed by atoms with Crippen molar-refractivity contribution in [3.8, 4) is 11.1 Å². The van der Waals surface area contributed by atoms with Gasteiger partial charge in [-0.05, 0) is 36.6 Å². The Kier molecular flexibility index (Phi) is 4.33. The number of hydrogen-bond acceptors (Lipinski definition) is 5. The molecule has 31 heavy (non-hydrogen) atoms. The van der Waals surface area contributed by atoms with Gasteiger partial charge in [0.1, 0.15) is 10.5 Å². The first-order valence-corrected chi connectivity index (χ1v) is 11.5. The molecule has 8 nitrogen and oxygen atoms in total. The van der Waals surface area contributed by atoms with Gasteiger partial charge in [0.25, 0.3) is 10.0 Å². The van der Waals surface area contributed by atoms with Gasteiger partial charge >= 0.3 is 0 Å². The molecule has 1 aliphatic rings. The summed E-state index contributed by atoms with van der Waals surface area (Å²) < 4.78 is 32.5. The first kappa shape index (κ1) is 19.6. The van der Waals surface area contributed by atoms with E-state index in [9.17, 15) is 8.42 Å². The minimum atomic E-state index is -3.80. The molecular formula is C22H24N6O2S. The van der Waals surface area contributed by atoms with Crippen LogP contribution in [0.15, 0.2) is 47.8 Å². The van der Waals surface area contributed by atoms with Crippen molar-refractivity contribution < 1.29 is 8.42 Å². The molecule has 1 N–H and O–H groups in total. The van der Waals surface area contributed by atoms with Gasteiger partial charge in [-0.1, -0.05) is 12.1 Å². The van der Waals surface area contributed by atoms with Gasteiger partial charge in [0.05, 0.1) is 23.0 Å². The van der Waals surface area contributed by atoms with Crippen molar-refractivity contribution in [1.82, 2.24) is 19.3 Å². The Balaban J connectivity index is 1.66. The molecule has 0 radical (unpaired) electrons. The summed E-state index contributed by atoms with van der Waals surface area (Å²) in [6.07, 6.45) is 6.04. The first-order valence-electron chi connectivity index (χ1n) is 10.1. The lowest BCUT2D eigenvalue weighted by molar-refractivity contribution is 0.600. The van der Waals surface area contributed by atoms with E-state index in [4.69, 9.17) is 0 Å². The molecule has 0 amide bonds. The topological polar surface area (TPSA) is 85.1 Å². The van der Waals surface area contributed by atoms with Crippen LogP contribution in [0, 0.1) is 6.92 Å². The predicted molar refractivity (Wildman–Crippen MR) is 122 cm³/mol. The van der Waals surface area contributed by atoms with Gasteiger partial charge in [0.2, 0.25) is 0 Å². The molecule has 0 saturated heterocycles. The summed E-state index contributed by atoms with van der Waals surface area (Å²) in [5, 5.41) is 4.85. The Labute approximate surface area is 181 Å². The monoisotopic (exact) mass is 436 g/mol. The lowest BCUT2D eigenvalue weighted by Crippen LogP contribution is -2.14. The van der Waals surface area contributed by atoms with Gasteiger partial charge in [-0.25, -0.2) is 13.4 Å². The highest BCUT2D eigenvalue weighted by atomic mass is 32.2. The van der Waals surface area contributed by atoms with Crippen molar-refractivity contribution in [3.63, 3.8) is 0 Å². The Morgan fingerprint density at radius 2 is 1.94 bits per heavy atom. The molecule has 1 aliphatic heterocycles. The van der Waals surface area contributed by atoms with Gasteiger partial charge in [-0.3, -0.25) is 9.40 Å². The highest BCUT2D eigenvalue weighted by Gasteiger charge is 2.24. The fraction of sp³-hybridized carbons (Fsp3) is 0.273. The van der Waals surface area contributed by atoms with Gasteiger partial charge in [0, 0.05) is 51.3 Å². The molecule has 5 rings (SSSR count). The molecule has 4 heterocycles. The molecule has 0 saturated carbocycles. The molecule has 0 unspecified atom stereocenters. The smallest absolute Gasteiger partial charge is 0.265 e. The zero-order valence-electron chi connectivity index (χ0n) is 17.9. The number of likely N-dealkylation sites (N-methyl/N-ethyl adjacent to an activating group) is 1. The van der Waals surface area contributed by atoms with Crippen molar-refractivity contribution in [2.45, 2.75) is 18.2 Å². The van der Waals surface area contributed by atoms with Gasteiger partial charge in [0.15, 0.2) is 0 Å². The summed E-state index contributed by atoms with van der Waals surface area (Å²) in [4.78, 5) is 6.91. The summed E-state index contributed by atoms with van der Waals surface area (Å²) in [7, 11) is 1.93. The maximum absolute atomic E-state index is 13.1. The number of fused-ring (bicyclic) bond motifs is 2. The van der Waals surface area contributed by atoms with Gasteiger partial charge in [-0.2, -0.15) is 5.10 Å². The van der Waals surface area contributed by atoms with Crippen LogP contribution in [0.5, 0.6) is 0 Å². The summed E-state index contributed by atoms with van der Waals surface area (Å²) >= 11 is 0. The SMILES string of the molecule is Cc1c(S(=O)(=O)Nc2ccnc3c2c(-c2ccc4c(c2)N(C)CC4)cn3C)cnn1C. The van der Waals surface area contributed by atoms with Crippen molar-refractivity contribution in [2.75, 3.05) is 23.2 Å². The van der Waals surface area contributed by atoms with Crippen LogP contribution in [-0.4, -0.2) is 41.3 Å². The Morgan fingerprint density at radius 3 is 2.68 bits per heavy atom. The first-order chi connectivity index (χ1) is 14.8. The number of nitrogens with zero attached hydrogens (tertiary/aromatic N) is 5. The highest BCUT2D eigenvalue weighted by molar-refractivity contribution is 7.92. The molecule has 0 spiro atoms. The second-order valence-corrected chi connectivity index (χ2v) is 9.70. The van der Waals surface area contributed by atoms with Crippen LogP contribution in [0.2, 0.25) is 0 Å². The zero-order valence-corrected chi connectivity index (χ0v) is 18.7. The summed E-state index contributed by atoms with van der Waals surface area (Å²) in [5.41, 5.74) is 6.31. The third-order valence-electron chi connectivity index (χ3n) is 6.11. The molecular weight excluding hydrogens is 412 g/mol. The number of sulfonamides is 1.